The third-order valence-corrected chi connectivity index (χ3v) is 7.61. The van der Waals surface area contributed by atoms with Crippen molar-refractivity contribution in [2.24, 2.45) is 0 Å². The van der Waals surface area contributed by atoms with Gasteiger partial charge in [-0.1, -0.05) is 59.9 Å². The summed E-state index contributed by atoms with van der Waals surface area (Å²) in [5.41, 5.74) is 2.75. The molecule has 35 heavy (non-hydrogen) atoms. The van der Waals surface area contributed by atoms with E-state index in [4.69, 9.17) is 0 Å². The fourth-order valence-electron chi connectivity index (χ4n) is 3.38. The van der Waals surface area contributed by atoms with Crippen molar-refractivity contribution in [3.05, 3.63) is 90.5 Å². The summed E-state index contributed by atoms with van der Waals surface area (Å²) in [6, 6.07) is 24.0. The molecule has 0 aliphatic rings. The molecule has 0 bridgehead atoms. The van der Waals surface area contributed by atoms with Gasteiger partial charge in [-0.3, -0.25) is 10.1 Å². The second-order valence-electron chi connectivity index (χ2n) is 8.02. The summed E-state index contributed by atoms with van der Waals surface area (Å²) in [4.78, 5) is 15.3. The molecule has 0 saturated carbocycles. The van der Waals surface area contributed by atoms with Crippen LogP contribution in [0, 0.1) is 0 Å². The summed E-state index contributed by atoms with van der Waals surface area (Å²) in [6.45, 7) is 0. The number of sulfonamides is 1. The Kier molecular flexibility index (Phi) is 7.54. The Balaban J connectivity index is 1.53. The zero-order chi connectivity index (χ0) is 24.8. The van der Waals surface area contributed by atoms with Crippen molar-refractivity contribution in [2.45, 2.75) is 17.4 Å². The number of amides is 1. The molecule has 180 valence electrons. The van der Waals surface area contributed by atoms with Gasteiger partial charge in [0.15, 0.2) is 0 Å². The second kappa shape index (κ2) is 10.8. The van der Waals surface area contributed by atoms with Crippen LogP contribution >= 0.6 is 11.3 Å². The Labute approximate surface area is 208 Å². The number of carbonyl (C=O) groups excluding carboxylic acids is 1. The standard InChI is InChI=1S/C25H25N5O3S2/c1-30(2)20-15-13-19(14-16-20)24-27-28-25(34-24)26-23(31)22(17-18-9-5-3-6-10-18)29-35(32,33)21-11-7-4-8-12-21/h3-16,22,29H,17H2,1-2H3,(H,26,28,31). The van der Waals surface area contributed by atoms with E-state index in [1.807, 2.05) is 73.6 Å². The minimum Gasteiger partial charge on any atom is -0.378 e. The Morgan fingerprint density at radius 1 is 0.914 bits per heavy atom. The van der Waals surface area contributed by atoms with Crippen LogP contribution < -0.4 is 14.9 Å². The topological polar surface area (TPSA) is 104 Å². The fourth-order valence-corrected chi connectivity index (χ4v) is 5.35. The highest BCUT2D eigenvalue weighted by Gasteiger charge is 2.27. The van der Waals surface area contributed by atoms with Crippen molar-refractivity contribution in [3.63, 3.8) is 0 Å². The number of nitrogens with one attached hydrogen (secondary N) is 2. The quantitative estimate of drug-likeness (QED) is 0.357. The molecule has 0 radical (unpaired) electrons. The van der Waals surface area contributed by atoms with Crippen LogP contribution in [0.4, 0.5) is 10.8 Å². The second-order valence-corrected chi connectivity index (χ2v) is 10.7. The van der Waals surface area contributed by atoms with Crippen LogP contribution in [0.3, 0.4) is 0 Å². The summed E-state index contributed by atoms with van der Waals surface area (Å²) in [5.74, 6) is -0.515. The number of benzene rings is 3. The molecule has 3 aromatic carbocycles. The largest absolute Gasteiger partial charge is 0.378 e. The zero-order valence-corrected chi connectivity index (χ0v) is 20.9. The molecule has 4 rings (SSSR count). The molecule has 4 aromatic rings. The maximum absolute atomic E-state index is 13.2. The molecular weight excluding hydrogens is 482 g/mol. The molecule has 1 amide bonds. The van der Waals surface area contributed by atoms with E-state index in [9.17, 15) is 13.2 Å². The van der Waals surface area contributed by atoms with Gasteiger partial charge < -0.3 is 4.90 Å². The van der Waals surface area contributed by atoms with Crippen LogP contribution in [-0.2, 0) is 21.2 Å². The lowest BCUT2D eigenvalue weighted by atomic mass is 10.1. The number of rotatable bonds is 9. The molecule has 1 aromatic heterocycles. The van der Waals surface area contributed by atoms with Crippen molar-refractivity contribution in [2.75, 3.05) is 24.3 Å². The molecule has 0 fully saturated rings. The molecular formula is C25H25N5O3S2. The van der Waals surface area contributed by atoms with Crippen molar-refractivity contribution >= 4 is 38.1 Å². The highest BCUT2D eigenvalue weighted by atomic mass is 32.2. The van der Waals surface area contributed by atoms with Crippen molar-refractivity contribution in [3.8, 4) is 10.6 Å². The molecule has 0 spiro atoms. The van der Waals surface area contributed by atoms with Gasteiger partial charge in [0.25, 0.3) is 0 Å². The van der Waals surface area contributed by atoms with Gasteiger partial charge in [0.05, 0.1) is 4.90 Å². The number of nitrogens with zero attached hydrogens (tertiary/aromatic N) is 3. The van der Waals surface area contributed by atoms with E-state index in [1.165, 1.54) is 23.5 Å². The monoisotopic (exact) mass is 507 g/mol. The minimum absolute atomic E-state index is 0.0882. The molecule has 0 aliphatic heterocycles. The smallest absolute Gasteiger partial charge is 0.244 e. The number of anilines is 2. The molecule has 1 unspecified atom stereocenters. The van der Waals surface area contributed by atoms with Crippen LogP contribution in [0.15, 0.2) is 89.8 Å². The van der Waals surface area contributed by atoms with Crippen LogP contribution in [0.25, 0.3) is 10.6 Å². The summed E-state index contributed by atoms with van der Waals surface area (Å²) >= 11 is 1.22. The summed E-state index contributed by atoms with van der Waals surface area (Å²) in [5, 5.41) is 11.9. The zero-order valence-electron chi connectivity index (χ0n) is 19.3. The summed E-state index contributed by atoms with van der Waals surface area (Å²) < 4.78 is 28.4. The predicted octanol–water partition coefficient (Wildman–Crippen LogP) is 3.80. The van der Waals surface area contributed by atoms with Gasteiger partial charge >= 0.3 is 0 Å². The molecule has 1 atom stereocenters. The van der Waals surface area contributed by atoms with E-state index in [0.717, 1.165) is 16.8 Å². The first-order valence-corrected chi connectivity index (χ1v) is 13.2. The highest BCUT2D eigenvalue weighted by Crippen LogP contribution is 2.28. The number of aromatic nitrogens is 2. The Morgan fingerprint density at radius 3 is 2.17 bits per heavy atom. The first kappa shape index (κ1) is 24.5. The molecule has 10 heteroatoms. The SMILES string of the molecule is CN(C)c1ccc(-c2nnc(NC(=O)C(Cc3ccccc3)NS(=O)(=O)c3ccccc3)s2)cc1. The molecule has 2 N–H and O–H groups in total. The first-order valence-electron chi connectivity index (χ1n) is 10.9. The molecule has 0 aliphatic carbocycles. The van der Waals surface area contributed by atoms with Crippen LogP contribution in [0.5, 0.6) is 0 Å². The minimum atomic E-state index is -3.91. The van der Waals surface area contributed by atoms with Gasteiger partial charge in [-0.25, -0.2) is 8.42 Å². The number of carbonyl (C=O) groups is 1. The van der Waals surface area contributed by atoms with Gasteiger partial charge in [0.2, 0.25) is 21.1 Å². The van der Waals surface area contributed by atoms with Crippen LogP contribution in [0.2, 0.25) is 0 Å². The van der Waals surface area contributed by atoms with Gasteiger partial charge in [0, 0.05) is 25.3 Å². The maximum Gasteiger partial charge on any atom is 0.244 e. The number of hydrogen-bond acceptors (Lipinski definition) is 7. The normalized spacial score (nSPS) is 12.2. The van der Waals surface area contributed by atoms with Crippen LogP contribution in [0.1, 0.15) is 5.56 Å². The van der Waals surface area contributed by atoms with Gasteiger partial charge in [-0.05, 0) is 48.4 Å². The maximum atomic E-state index is 13.2. The van der Waals surface area contributed by atoms with E-state index in [0.29, 0.717) is 10.1 Å². The Morgan fingerprint density at radius 2 is 1.54 bits per heavy atom. The lowest BCUT2D eigenvalue weighted by molar-refractivity contribution is -0.117. The van der Waals surface area contributed by atoms with E-state index in [2.05, 4.69) is 20.2 Å². The Hall–Kier alpha value is -3.60. The van der Waals surface area contributed by atoms with E-state index in [-0.39, 0.29) is 11.3 Å². The summed E-state index contributed by atoms with van der Waals surface area (Å²) in [7, 11) is 0.0143. The van der Waals surface area contributed by atoms with Crippen LogP contribution in [-0.4, -0.2) is 44.7 Å². The molecule has 0 saturated heterocycles. The molecule has 8 nitrogen and oxygen atoms in total. The average Bonchev–Trinajstić information content (AvgIpc) is 3.33. The lowest BCUT2D eigenvalue weighted by Crippen LogP contribution is -2.45. The first-order chi connectivity index (χ1) is 16.8. The van der Waals surface area contributed by atoms with Crippen molar-refractivity contribution < 1.29 is 13.2 Å². The van der Waals surface area contributed by atoms with Crippen molar-refractivity contribution in [1.29, 1.82) is 0 Å². The highest BCUT2D eigenvalue weighted by molar-refractivity contribution is 7.89. The number of hydrogen-bond donors (Lipinski definition) is 2. The third kappa shape index (κ3) is 6.30. The Bertz CT molecular complexity index is 1370. The lowest BCUT2D eigenvalue weighted by Gasteiger charge is -2.18. The van der Waals surface area contributed by atoms with Gasteiger partial charge in [-0.2, -0.15) is 4.72 Å². The average molecular weight is 508 g/mol. The summed E-state index contributed by atoms with van der Waals surface area (Å²) in [6.07, 6.45) is 0.177. The molecule has 1 heterocycles. The van der Waals surface area contributed by atoms with Crippen molar-refractivity contribution in [1.82, 2.24) is 14.9 Å². The third-order valence-electron chi connectivity index (χ3n) is 5.24. The fraction of sp³-hybridized carbons (Fsp3) is 0.160. The van der Waals surface area contributed by atoms with Gasteiger partial charge in [-0.15, -0.1) is 10.2 Å². The predicted molar refractivity (Wildman–Crippen MR) is 139 cm³/mol. The van der Waals surface area contributed by atoms with E-state index < -0.39 is 22.0 Å². The van der Waals surface area contributed by atoms with E-state index >= 15 is 0 Å². The van der Waals surface area contributed by atoms with Gasteiger partial charge in [0.1, 0.15) is 11.0 Å². The van der Waals surface area contributed by atoms with E-state index in [1.54, 1.807) is 18.2 Å².